The molecule has 0 aliphatic rings. The summed E-state index contributed by atoms with van der Waals surface area (Å²) >= 11 is 0. The maximum atomic E-state index is 12.4. The molecule has 0 rings (SSSR count). The fourth-order valence-electron chi connectivity index (χ4n) is 5.01. The number of hydrogen-bond donors (Lipinski definition) is 3. The second-order valence-corrected chi connectivity index (χ2v) is 14.3. The molecule has 10 heteroatoms. The molecule has 0 saturated carbocycles. The van der Waals surface area contributed by atoms with Gasteiger partial charge in [0.1, 0.15) is 6.61 Å². The number of hydrogen-bond acceptors (Lipinski definition) is 7. The van der Waals surface area contributed by atoms with Crippen LogP contribution in [-0.4, -0.2) is 52.3 Å². The van der Waals surface area contributed by atoms with E-state index in [9.17, 15) is 19.3 Å². The Kier molecular flexibility index (Phi) is 35.5. The predicted molar refractivity (Wildman–Crippen MR) is 217 cm³/mol. The number of rotatable bonds is 35. The van der Waals surface area contributed by atoms with Crippen LogP contribution in [-0.2, 0) is 28.2 Å². The molecule has 0 aromatic carbocycles. The quantitative estimate of drug-likeness (QED) is 0.0189. The van der Waals surface area contributed by atoms with Crippen LogP contribution in [0.25, 0.3) is 0 Å². The summed E-state index contributed by atoms with van der Waals surface area (Å²) < 4.78 is 26.2. The lowest BCUT2D eigenvalue weighted by molar-refractivity contribution is -0.161. The number of carbonyl (C=O) groups is 2. The molecule has 3 N–H and O–H groups in total. The summed E-state index contributed by atoms with van der Waals surface area (Å²) in [5, 5.41) is 10.1. The summed E-state index contributed by atoms with van der Waals surface area (Å²) in [6.45, 7) is 3.39. The second-order valence-electron chi connectivity index (χ2n) is 13.1. The number of phosphoric ester groups is 1. The van der Waals surface area contributed by atoms with Crippen molar-refractivity contribution >= 4 is 19.8 Å². The predicted octanol–water partition coefficient (Wildman–Crippen LogP) is 11.0. The molecule has 0 spiro atoms. The van der Waals surface area contributed by atoms with E-state index < -0.39 is 38.6 Å². The van der Waals surface area contributed by atoms with Gasteiger partial charge in [-0.15, -0.1) is 0 Å². The molecular formula is C43H71O9P. The van der Waals surface area contributed by atoms with Gasteiger partial charge in [0.2, 0.25) is 0 Å². The molecule has 302 valence electrons. The average molecular weight is 763 g/mol. The first-order valence-electron chi connectivity index (χ1n) is 20.0. The lowest BCUT2D eigenvalue weighted by Gasteiger charge is -2.18. The Bertz CT molecular complexity index is 1150. The Hall–Kier alpha value is -2.81. The van der Waals surface area contributed by atoms with E-state index in [4.69, 9.17) is 19.3 Å². The summed E-state index contributed by atoms with van der Waals surface area (Å²) in [7, 11) is -4.80. The van der Waals surface area contributed by atoms with Crippen LogP contribution in [0.3, 0.4) is 0 Å². The molecule has 0 radical (unpaired) electrons. The summed E-state index contributed by atoms with van der Waals surface area (Å²) in [5.41, 5.74) is 0. The van der Waals surface area contributed by atoms with E-state index >= 15 is 0 Å². The Morgan fingerprint density at radius 2 is 1.17 bits per heavy atom. The third-order valence-electron chi connectivity index (χ3n) is 7.99. The van der Waals surface area contributed by atoms with Crippen molar-refractivity contribution in [2.45, 2.75) is 161 Å². The zero-order chi connectivity index (χ0) is 39.1. The maximum Gasteiger partial charge on any atom is 0.469 e. The van der Waals surface area contributed by atoms with Crippen LogP contribution in [0, 0.1) is 0 Å². The molecule has 0 aromatic heterocycles. The molecule has 2 atom stereocenters. The van der Waals surface area contributed by atoms with Crippen LogP contribution in [0.4, 0.5) is 0 Å². The number of esters is 2. The van der Waals surface area contributed by atoms with Crippen LogP contribution in [0.2, 0.25) is 0 Å². The van der Waals surface area contributed by atoms with Gasteiger partial charge in [-0.05, 0) is 70.6 Å². The second kappa shape index (κ2) is 37.5. The molecule has 0 saturated heterocycles. The Morgan fingerprint density at radius 1 is 0.604 bits per heavy atom. The van der Waals surface area contributed by atoms with Crippen LogP contribution in [0.1, 0.15) is 149 Å². The van der Waals surface area contributed by atoms with E-state index in [2.05, 4.69) is 67.0 Å². The maximum absolute atomic E-state index is 12.4. The van der Waals surface area contributed by atoms with E-state index in [1.807, 2.05) is 18.2 Å². The molecule has 53 heavy (non-hydrogen) atoms. The normalized spacial score (nSPS) is 14.0. The molecular weight excluding hydrogens is 691 g/mol. The lowest BCUT2D eigenvalue weighted by atomic mass is 10.1. The highest BCUT2D eigenvalue weighted by atomic mass is 31.2. The fourth-order valence-corrected chi connectivity index (χ4v) is 5.37. The molecule has 1 unspecified atom stereocenters. The Balaban J connectivity index is 4.20. The Morgan fingerprint density at radius 3 is 1.79 bits per heavy atom. The van der Waals surface area contributed by atoms with Crippen molar-refractivity contribution in [2.75, 3.05) is 13.2 Å². The van der Waals surface area contributed by atoms with Gasteiger partial charge in [0, 0.05) is 12.8 Å². The lowest BCUT2D eigenvalue weighted by Crippen LogP contribution is -2.29. The number of aliphatic hydroxyl groups excluding tert-OH is 1. The fraction of sp³-hybridized carbons (Fsp3) is 0.628. The number of unbranched alkanes of at least 4 members (excludes halogenated alkanes) is 11. The monoisotopic (exact) mass is 762 g/mol. The van der Waals surface area contributed by atoms with Crippen LogP contribution in [0.15, 0.2) is 85.1 Å². The van der Waals surface area contributed by atoms with E-state index in [0.717, 1.165) is 64.2 Å². The molecule has 0 amide bonds. The van der Waals surface area contributed by atoms with Gasteiger partial charge in [-0.25, -0.2) is 4.57 Å². The van der Waals surface area contributed by atoms with Crippen molar-refractivity contribution in [3.8, 4) is 0 Å². The third-order valence-corrected chi connectivity index (χ3v) is 8.48. The van der Waals surface area contributed by atoms with E-state index in [1.54, 1.807) is 18.2 Å². The smallest absolute Gasteiger partial charge is 0.462 e. The summed E-state index contributed by atoms with van der Waals surface area (Å²) in [6.07, 6.45) is 46.2. The highest BCUT2D eigenvalue weighted by molar-refractivity contribution is 7.46. The largest absolute Gasteiger partial charge is 0.469 e. The minimum absolute atomic E-state index is 0.0549. The minimum Gasteiger partial charge on any atom is -0.462 e. The van der Waals surface area contributed by atoms with Gasteiger partial charge in [0.15, 0.2) is 6.10 Å². The Labute approximate surface area is 321 Å². The van der Waals surface area contributed by atoms with E-state index in [-0.39, 0.29) is 19.4 Å². The van der Waals surface area contributed by atoms with Gasteiger partial charge in [0.25, 0.3) is 0 Å². The van der Waals surface area contributed by atoms with Gasteiger partial charge >= 0.3 is 19.8 Å². The standard InChI is InChI=1S/C43H71O9P/c1-3-5-7-9-11-13-15-17-18-20-22-24-26-28-32-37-43(46)52-41(39-51-53(47,48)49)38-50-42(45)36-33-29-31-35-40(44)34-30-27-25-23-21-19-16-14-12-10-8-6-4-2/h6,8,12,14,17-19,21,25,27,29-31,34,40-41,44H,3-5,7,9-11,13,15-16,20,22-24,26,28,32-33,35-39H2,1-2H3,(H2,47,48,49)/b8-6-,14-12-,18-17-,21-19-,27-25-,31-29-,34-30-/t40?,41-/m1/s1. The zero-order valence-electron chi connectivity index (χ0n) is 32.7. The number of phosphoric acid groups is 1. The van der Waals surface area contributed by atoms with Gasteiger partial charge in [-0.1, -0.05) is 150 Å². The van der Waals surface area contributed by atoms with Crippen molar-refractivity contribution < 1.29 is 43.0 Å². The van der Waals surface area contributed by atoms with Gasteiger partial charge in [-0.3, -0.25) is 14.1 Å². The molecule has 0 aromatic rings. The molecule has 0 heterocycles. The van der Waals surface area contributed by atoms with Gasteiger partial charge < -0.3 is 24.4 Å². The highest BCUT2D eigenvalue weighted by Crippen LogP contribution is 2.36. The van der Waals surface area contributed by atoms with Crippen LogP contribution >= 0.6 is 7.82 Å². The minimum atomic E-state index is -4.80. The van der Waals surface area contributed by atoms with Crippen molar-refractivity contribution in [3.05, 3.63) is 85.1 Å². The summed E-state index contributed by atoms with van der Waals surface area (Å²) in [4.78, 5) is 42.8. The number of carbonyl (C=O) groups excluding carboxylic acids is 2. The number of ether oxygens (including phenoxy) is 2. The first kappa shape index (κ1) is 50.2. The summed E-state index contributed by atoms with van der Waals surface area (Å²) in [6, 6.07) is 0. The number of aliphatic hydroxyl groups is 1. The molecule has 0 bridgehead atoms. The molecule has 0 aliphatic carbocycles. The first-order chi connectivity index (χ1) is 25.7. The average Bonchev–Trinajstić information content (AvgIpc) is 3.12. The van der Waals surface area contributed by atoms with Crippen molar-refractivity contribution in [1.29, 1.82) is 0 Å². The summed E-state index contributed by atoms with van der Waals surface area (Å²) in [5.74, 6) is -1.08. The topological polar surface area (TPSA) is 140 Å². The molecule has 9 nitrogen and oxygen atoms in total. The van der Waals surface area contributed by atoms with E-state index in [0.29, 0.717) is 19.3 Å². The van der Waals surface area contributed by atoms with Crippen LogP contribution in [0.5, 0.6) is 0 Å². The SMILES string of the molecule is CC/C=C\C/C=C\C/C=C\C/C=C\C=C/C(O)C/C=C\CCC(=O)OC[C@H](COP(=O)(O)O)OC(=O)CCCCCCC/C=C\CCCCCCCC. The number of allylic oxidation sites excluding steroid dienone is 12. The van der Waals surface area contributed by atoms with Crippen molar-refractivity contribution in [3.63, 3.8) is 0 Å². The third kappa shape index (κ3) is 40.2. The molecule has 0 aliphatic heterocycles. The zero-order valence-corrected chi connectivity index (χ0v) is 33.6. The van der Waals surface area contributed by atoms with Gasteiger partial charge in [-0.2, -0.15) is 0 Å². The van der Waals surface area contributed by atoms with Crippen LogP contribution < -0.4 is 0 Å². The highest BCUT2D eigenvalue weighted by Gasteiger charge is 2.22. The van der Waals surface area contributed by atoms with Crippen molar-refractivity contribution in [2.24, 2.45) is 0 Å². The first-order valence-corrected chi connectivity index (χ1v) is 21.5. The molecule has 0 fully saturated rings. The van der Waals surface area contributed by atoms with Crippen molar-refractivity contribution in [1.82, 2.24) is 0 Å². The van der Waals surface area contributed by atoms with E-state index in [1.165, 1.54) is 38.5 Å². The van der Waals surface area contributed by atoms with Gasteiger partial charge in [0.05, 0.1) is 12.7 Å².